The van der Waals surface area contributed by atoms with Crippen LogP contribution in [0, 0.1) is 0 Å². The molecule has 0 radical (unpaired) electrons. The second kappa shape index (κ2) is 4.38. The number of benzene rings is 1. The Morgan fingerprint density at radius 2 is 2.25 bits per heavy atom. The molecular weight excluding hydrogens is 198 g/mol. The monoisotopic (exact) mass is 217 g/mol. The Labute approximate surface area is 97.1 Å². The number of hydrogen-bond acceptors (Lipinski definition) is 2. The SMILES string of the molecule is CC[C@H]1Cc2c(C(C)=O)cccc2[C@H](C)N1. The Kier molecular flexibility index (Phi) is 3.10. The predicted octanol–water partition coefficient (Wildman–Crippen LogP) is 2.87. The van der Waals surface area contributed by atoms with Crippen LogP contribution in [-0.4, -0.2) is 11.8 Å². The molecule has 2 nitrogen and oxygen atoms in total. The van der Waals surface area contributed by atoms with Gasteiger partial charge in [-0.15, -0.1) is 0 Å². The zero-order valence-electron chi connectivity index (χ0n) is 10.2. The highest BCUT2D eigenvalue weighted by atomic mass is 16.1. The third-order valence-electron chi connectivity index (χ3n) is 3.49. The minimum Gasteiger partial charge on any atom is -0.307 e. The van der Waals surface area contributed by atoms with Gasteiger partial charge in [0.15, 0.2) is 5.78 Å². The van der Waals surface area contributed by atoms with Gasteiger partial charge in [-0.1, -0.05) is 25.1 Å². The number of hydrogen-bond donors (Lipinski definition) is 1. The molecule has 2 atom stereocenters. The molecule has 86 valence electrons. The van der Waals surface area contributed by atoms with Crippen molar-refractivity contribution in [2.75, 3.05) is 0 Å². The summed E-state index contributed by atoms with van der Waals surface area (Å²) in [6, 6.07) is 6.92. The minimum absolute atomic E-state index is 0.181. The van der Waals surface area contributed by atoms with Gasteiger partial charge >= 0.3 is 0 Å². The molecule has 0 aromatic heterocycles. The third-order valence-corrected chi connectivity index (χ3v) is 3.49. The second-order valence-electron chi connectivity index (χ2n) is 4.63. The lowest BCUT2D eigenvalue weighted by molar-refractivity contribution is 0.101. The van der Waals surface area contributed by atoms with Gasteiger partial charge < -0.3 is 5.32 Å². The summed E-state index contributed by atoms with van der Waals surface area (Å²) in [6.45, 7) is 6.01. The Morgan fingerprint density at radius 3 is 2.88 bits per heavy atom. The van der Waals surface area contributed by atoms with Crippen molar-refractivity contribution in [1.29, 1.82) is 0 Å². The molecule has 0 aliphatic carbocycles. The third kappa shape index (κ3) is 1.90. The molecule has 1 aromatic carbocycles. The predicted molar refractivity (Wildman–Crippen MR) is 65.8 cm³/mol. The van der Waals surface area contributed by atoms with E-state index < -0.39 is 0 Å². The van der Waals surface area contributed by atoms with Gasteiger partial charge in [0, 0.05) is 17.6 Å². The average Bonchev–Trinajstić information content (AvgIpc) is 2.28. The molecular formula is C14H19NO. The van der Waals surface area contributed by atoms with Crippen molar-refractivity contribution in [3.63, 3.8) is 0 Å². The van der Waals surface area contributed by atoms with Crippen LogP contribution >= 0.6 is 0 Å². The van der Waals surface area contributed by atoms with Crippen LogP contribution in [0.5, 0.6) is 0 Å². The minimum atomic E-state index is 0.181. The number of Topliss-reactive ketones (excluding diaryl/α,β-unsaturated/α-hetero) is 1. The van der Waals surface area contributed by atoms with E-state index in [4.69, 9.17) is 0 Å². The average molecular weight is 217 g/mol. The summed E-state index contributed by atoms with van der Waals surface area (Å²) < 4.78 is 0. The van der Waals surface area contributed by atoms with Crippen molar-refractivity contribution < 1.29 is 4.79 Å². The van der Waals surface area contributed by atoms with Crippen LogP contribution in [0.1, 0.15) is 54.7 Å². The van der Waals surface area contributed by atoms with Crippen molar-refractivity contribution in [2.24, 2.45) is 0 Å². The summed E-state index contributed by atoms with van der Waals surface area (Å²) in [4.78, 5) is 11.6. The van der Waals surface area contributed by atoms with Crippen molar-refractivity contribution in [2.45, 2.75) is 45.7 Å². The van der Waals surface area contributed by atoms with E-state index >= 15 is 0 Å². The van der Waals surface area contributed by atoms with Gasteiger partial charge in [0.25, 0.3) is 0 Å². The van der Waals surface area contributed by atoms with Gasteiger partial charge in [0.1, 0.15) is 0 Å². The van der Waals surface area contributed by atoms with Gasteiger partial charge in [0.2, 0.25) is 0 Å². The van der Waals surface area contributed by atoms with Crippen LogP contribution in [0.15, 0.2) is 18.2 Å². The summed E-state index contributed by atoms with van der Waals surface area (Å²) in [5.41, 5.74) is 3.45. The fourth-order valence-electron chi connectivity index (χ4n) is 2.58. The zero-order chi connectivity index (χ0) is 11.7. The number of fused-ring (bicyclic) bond motifs is 1. The lowest BCUT2D eigenvalue weighted by Gasteiger charge is -2.31. The topological polar surface area (TPSA) is 29.1 Å². The van der Waals surface area contributed by atoms with Crippen molar-refractivity contribution in [3.05, 3.63) is 34.9 Å². The van der Waals surface area contributed by atoms with Gasteiger partial charge in [-0.05, 0) is 37.8 Å². The maximum Gasteiger partial charge on any atom is 0.160 e. The van der Waals surface area contributed by atoms with E-state index in [-0.39, 0.29) is 5.78 Å². The van der Waals surface area contributed by atoms with Gasteiger partial charge in [0.05, 0.1) is 0 Å². The first-order valence-electron chi connectivity index (χ1n) is 6.02. The first-order valence-corrected chi connectivity index (χ1v) is 6.02. The van der Waals surface area contributed by atoms with Gasteiger partial charge in [-0.25, -0.2) is 0 Å². The Hall–Kier alpha value is -1.15. The molecule has 1 aliphatic rings. The van der Waals surface area contributed by atoms with Crippen molar-refractivity contribution in [3.8, 4) is 0 Å². The molecule has 0 saturated heterocycles. The van der Waals surface area contributed by atoms with Crippen LogP contribution in [0.4, 0.5) is 0 Å². The first kappa shape index (κ1) is 11.3. The number of ketones is 1. The standard InChI is InChI=1S/C14H19NO/c1-4-11-8-14-12(9(2)15-11)6-5-7-13(14)10(3)16/h5-7,9,11,15H,4,8H2,1-3H3/t9-,11-/m0/s1. The largest absolute Gasteiger partial charge is 0.307 e. The molecule has 0 amide bonds. The van der Waals surface area contributed by atoms with Crippen LogP contribution in [0.3, 0.4) is 0 Å². The molecule has 16 heavy (non-hydrogen) atoms. The molecule has 1 aromatic rings. The van der Waals surface area contributed by atoms with E-state index in [2.05, 4.69) is 25.2 Å². The number of nitrogens with one attached hydrogen (secondary N) is 1. The number of carbonyl (C=O) groups excluding carboxylic acids is 1. The van der Waals surface area contributed by atoms with Crippen LogP contribution in [-0.2, 0) is 6.42 Å². The molecule has 0 bridgehead atoms. The molecule has 2 heteroatoms. The van der Waals surface area contributed by atoms with E-state index in [1.807, 2.05) is 12.1 Å². The highest BCUT2D eigenvalue weighted by Crippen LogP contribution is 2.28. The van der Waals surface area contributed by atoms with Crippen LogP contribution in [0.2, 0.25) is 0 Å². The highest BCUT2D eigenvalue weighted by Gasteiger charge is 2.24. The molecule has 2 rings (SSSR count). The van der Waals surface area contributed by atoms with Crippen LogP contribution in [0.25, 0.3) is 0 Å². The maximum atomic E-state index is 11.6. The van der Waals surface area contributed by atoms with Crippen molar-refractivity contribution >= 4 is 5.78 Å². The Morgan fingerprint density at radius 1 is 1.50 bits per heavy atom. The van der Waals surface area contributed by atoms with E-state index in [1.54, 1.807) is 6.92 Å². The van der Waals surface area contributed by atoms with E-state index in [0.717, 1.165) is 18.4 Å². The van der Waals surface area contributed by atoms with Crippen molar-refractivity contribution in [1.82, 2.24) is 5.32 Å². The zero-order valence-corrected chi connectivity index (χ0v) is 10.2. The summed E-state index contributed by atoms with van der Waals surface area (Å²) in [7, 11) is 0. The lowest BCUT2D eigenvalue weighted by Crippen LogP contribution is -2.38. The van der Waals surface area contributed by atoms with Gasteiger partial charge in [-0.3, -0.25) is 4.79 Å². The fourth-order valence-corrected chi connectivity index (χ4v) is 2.58. The summed E-state index contributed by atoms with van der Waals surface area (Å²) >= 11 is 0. The highest BCUT2D eigenvalue weighted by molar-refractivity contribution is 5.96. The molecule has 1 N–H and O–H groups in total. The second-order valence-corrected chi connectivity index (χ2v) is 4.63. The molecule has 1 aliphatic heterocycles. The van der Waals surface area contributed by atoms with Crippen LogP contribution < -0.4 is 5.32 Å². The van der Waals surface area contributed by atoms with Gasteiger partial charge in [-0.2, -0.15) is 0 Å². The van der Waals surface area contributed by atoms with E-state index in [9.17, 15) is 4.79 Å². The molecule has 0 saturated carbocycles. The van der Waals surface area contributed by atoms with E-state index in [1.165, 1.54) is 11.1 Å². The quantitative estimate of drug-likeness (QED) is 0.772. The van der Waals surface area contributed by atoms with E-state index in [0.29, 0.717) is 12.1 Å². The summed E-state index contributed by atoms with van der Waals surface area (Å²) in [5.74, 6) is 0.181. The maximum absolute atomic E-state index is 11.6. The molecule has 0 spiro atoms. The number of rotatable bonds is 2. The normalized spacial score (nSPS) is 23.9. The fraction of sp³-hybridized carbons (Fsp3) is 0.500. The summed E-state index contributed by atoms with van der Waals surface area (Å²) in [5, 5.41) is 3.58. The Bertz CT molecular complexity index is 411. The number of carbonyl (C=O) groups is 1. The smallest absolute Gasteiger partial charge is 0.160 e. The molecule has 0 unspecified atom stereocenters. The molecule has 1 heterocycles. The first-order chi connectivity index (χ1) is 7.63. The molecule has 0 fully saturated rings. The lowest BCUT2D eigenvalue weighted by atomic mass is 9.86. The summed E-state index contributed by atoms with van der Waals surface area (Å²) in [6.07, 6.45) is 2.09. The Balaban J connectivity index is 2.48.